The number of rotatable bonds is 1. The molecule has 2 rings (SSSR count). The molecule has 19 heavy (non-hydrogen) atoms. The molecule has 0 aliphatic carbocycles. The van der Waals surface area contributed by atoms with Crippen molar-refractivity contribution in [1.29, 1.82) is 0 Å². The number of nitrogens with one attached hydrogen (secondary N) is 1. The zero-order valence-corrected chi connectivity index (χ0v) is 12.6. The molecule has 1 fully saturated rings. The van der Waals surface area contributed by atoms with E-state index in [1.807, 2.05) is 4.90 Å². The molecular weight excluding hydrogens is 311 g/mol. The zero-order chi connectivity index (χ0) is 13.8. The number of hydrogen-bond donors (Lipinski definition) is 1. The van der Waals surface area contributed by atoms with Gasteiger partial charge in [0.25, 0.3) is 0 Å². The van der Waals surface area contributed by atoms with Crippen molar-refractivity contribution in [1.82, 2.24) is 4.90 Å². The lowest BCUT2D eigenvalue weighted by molar-refractivity contribution is 0.213. The minimum Gasteiger partial charge on any atom is -0.325 e. The molecule has 1 aliphatic heterocycles. The summed E-state index contributed by atoms with van der Waals surface area (Å²) in [5.74, 6) is -0.315. The molecule has 0 unspecified atom stereocenters. The minimum absolute atomic E-state index is 0.0940. The van der Waals surface area contributed by atoms with E-state index in [0.717, 1.165) is 31.5 Å². The van der Waals surface area contributed by atoms with Crippen LogP contribution in [0.5, 0.6) is 0 Å². The van der Waals surface area contributed by atoms with Gasteiger partial charge in [-0.3, -0.25) is 0 Å². The summed E-state index contributed by atoms with van der Waals surface area (Å²) in [6.45, 7) is 3.38. The number of benzene rings is 1. The van der Waals surface area contributed by atoms with Crippen LogP contribution in [0.3, 0.4) is 0 Å². The summed E-state index contributed by atoms with van der Waals surface area (Å²) in [5, 5.41) is 2.87. The van der Waals surface area contributed by atoms with Crippen LogP contribution < -0.4 is 5.32 Å². The molecule has 0 spiro atoms. The molecule has 0 aromatic heterocycles. The van der Waals surface area contributed by atoms with Gasteiger partial charge in [-0.2, -0.15) is 0 Å². The van der Waals surface area contributed by atoms with E-state index < -0.39 is 0 Å². The van der Waals surface area contributed by atoms with Crippen LogP contribution in [0.2, 0.25) is 0 Å². The summed E-state index contributed by atoms with van der Waals surface area (Å²) in [6.07, 6.45) is 4.48. The van der Waals surface area contributed by atoms with Crippen LogP contribution in [-0.2, 0) is 0 Å². The monoisotopic (exact) mass is 328 g/mol. The fraction of sp³-hybridized carbons (Fsp3) is 0.500. The van der Waals surface area contributed by atoms with Crippen LogP contribution in [0, 0.1) is 12.7 Å². The van der Waals surface area contributed by atoms with Gasteiger partial charge in [-0.05, 0) is 53.4 Å². The first-order chi connectivity index (χ1) is 9.08. The van der Waals surface area contributed by atoms with Crippen molar-refractivity contribution in [3.63, 3.8) is 0 Å². The average Bonchev–Trinajstić information content (AvgIpc) is 2.64. The molecule has 1 aromatic rings. The predicted octanol–water partition coefficient (Wildman–Crippen LogP) is 4.30. The van der Waals surface area contributed by atoms with Gasteiger partial charge in [0.2, 0.25) is 0 Å². The number of carbonyl (C=O) groups excluding carboxylic acids is 1. The Hall–Kier alpha value is -1.10. The van der Waals surface area contributed by atoms with Crippen LogP contribution in [0.4, 0.5) is 14.9 Å². The smallest absolute Gasteiger partial charge is 0.321 e. The van der Waals surface area contributed by atoms with Gasteiger partial charge in [-0.25, -0.2) is 9.18 Å². The van der Waals surface area contributed by atoms with Gasteiger partial charge in [-0.1, -0.05) is 12.8 Å². The zero-order valence-electron chi connectivity index (χ0n) is 11.0. The molecule has 5 heteroatoms. The maximum absolute atomic E-state index is 13.3. The molecule has 1 aliphatic rings. The molecule has 3 nitrogen and oxygen atoms in total. The maximum Gasteiger partial charge on any atom is 0.321 e. The number of urea groups is 1. The lowest BCUT2D eigenvalue weighted by Gasteiger charge is -2.21. The molecule has 1 heterocycles. The van der Waals surface area contributed by atoms with Gasteiger partial charge < -0.3 is 10.2 Å². The first-order valence-electron chi connectivity index (χ1n) is 6.59. The molecule has 1 saturated heterocycles. The molecule has 0 bridgehead atoms. The predicted molar refractivity (Wildman–Crippen MR) is 77.9 cm³/mol. The first-order valence-corrected chi connectivity index (χ1v) is 7.39. The minimum atomic E-state index is -0.315. The van der Waals surface area contributed by atoms with Gasteiger partial charge in [0.05, 0.1) is 4.47 Å². The van der Waals surface area contributed by atoms with Crippen molar-refractivity contribution >= 4 is 27.6 Å². The Bertz CT molecular complexity index is 471. The van der Waals surface area contributed by atoms with Gasteiger partial charge in [0, 0.05) is 18.8 Å². The number of halogens is 2. The average molecular weight is 329 g/mol. The second-order valence-electron chi connectivity index (χ2n) is 4.91. The number of carbonyl (C=O) groups is 1. The lowest BCUT2D eigenvalue weighted by atomic mass is 10.2. The highest BCUT2D eigenvalue weighted by Gasteiger charge is 2.16. The van der Waals surface area contributed by atoms with Crippen molar-refractivity contribution in [2.75, 3.05) is 18.4 Å². The summed E-state index contributed by atoms with van der Waals surface area (Å²) < 4.78 is 13.7. The van der Waals surface area contributed by atoms with Crippen LogP contribution in [-0.4, -0.2) is 24.0 Å². The fourth-order valence-electron chi connectivity index (χ4n) is 2.25. The molecular formula is C14H18BrFN2O. The molecule has 104 valence electrons. The first kappa shape index (κ1) is 14.3. The highest BCUT2D eigenvalue weighted by atomic mass is 79.9. The second kappa shape index (κ2) is 6.37. The summed E-state index contributed by atoms with van der Waals surface area (Å²) in [6, 6.07) is 2.94. The second-order valence-corrected chi connectivity index (χ2v) is 5.77. The lowest BCUT2D eigenvalue weighted by Crippen LogP contribution is -2.35. The largest absolute Gasteiger partial charge is 0.325 e. The third-order valence-electron chi connectivity index (χ3n) is 3.40. The van der Waals surface area contributed by atoms with E-state index in [1.165, 1.54) is 18.9 Å². The highest BCUT2D eigenvalue weighted by Crippen LogP contribution is 2.24. The quantitative estimate of drug-likeness (QED) is 0.818. The number of likely N-dealkylation sites (tertiary alicyclic amines) is 1. The number of nitrogens with zero attached hydrogens (tertiary/aromatic N) is 1. The highest BCUT2D eigenvalue weighted by molar-refractivity contribution is 9.10. The Balaban J connectivity index is 2.07. The van der Waals surface area contributed by atoms with Crippen molar-refractivity contribution in [3.05, 3.63) is 28.0 Å². The normalized spacial score (nSPS) is 16.1. The Kier molecular flexibility index (Phi) is 4.80. The molecule has 1 N–H and O–H groups in total. The number of amides is 2. The van der Waals surface area contributed by atoms with Crippen molar-refractivity contribution in [2.24, 2.45) is 0 Å². The Morgan fingerprint density at radius 2 is 1.89 bits per heavy atom. The van der Waals surface area contributed by atoms with E-state index in [0.29, 0.717) is 10.2 Å². The number of anilines is 1. The van der Waals surface area contributed by atoms with Gasteiger partial charge >= 0.3 is 6.03 Å². The number of hydrogen-bond acceptors (Lipinski definition) is 1. The molecule has 2 amide bonds. The molecule has 1 aromatic carbocycles. The molecule has 0 radical (unpaired) electrons. The molecule has 0 saturated carbocycles. The van der Waals surface area contributed by atoms with E-state index in [2.05, 4.69) is 21.2 Å². The van der Waals surface area contributed by atoms with Gasteiger partial charge in [-0.15, -0.1) is 0 Å². The van der Waals surface area contributed by atoms with Crippen LogP contribution in [0.25, 0.3) is 0 Å². The Morgan fingerprint density at radius 3 is 2.53 bits per heavy atom. The summed E-state index contributed by atoms with van der Waals surface area (Å²) in [5.41, 5.74) is 1.38. The Morgan fingerprint density at radius 1 is 1.26 bits per heavy atom. The standard InChI is InChI=1S/C14H18BrFN2O/c1-10-8-12(16)11(15)9-13(10)17-14(19)18-6-4-2-3-5-7-18/h8-9H,2-7H2,1H3,(H,17,19). The van der Waals surface area contributed by atoms with Gasteiger partial charge in [0.15, 0.2) is 0 Å². The van der Waals surface area contributed by atoms with Crippen molar-refractivity contribution in [2.45, 2.75) is 32.6 Å². The maximum atomic E-state index is 13.3. The van der Waals surface area contributed by atoms with E-state index in [1.54, 1.807) is 13.0 Å². The third-order valence-corrected chi connectivity index (χ3v) is 4.01. The summed E-state index contributed by atoms with van der Waals surface area (Å²) >= 11 is 3.14. The SMILES string of the molecule is Cc1cc(F)c(Br)cc1NC(=O)N1CCCCCC1. The van der Waals surface area contributed by atoms with Crippen LogP contribution in [0.15, 0.2) is 16.6 Å². The van der Waals surface area contributed by atoms with E-state index in [9.17, 15) is 9.18 Å². The third kappa shape index (κ3) is 3.69. The van der Waals surface area contributed by atoms with Crippen molar-refractivity contribution < 1.29 is 9.18 Å². The summed E-state index contributed by atoms with van der Waals surface area (Å²) in [7, 11) is 0. The van der Waals surface area contributed by atoms with E-state index >= 15 is 0 Å². The van der Waals surface area contributed by atoms with Gasteiger partial charge in [0.1, 0.15) is 5.82 Å². The van der Waals surface area contributed by atoms with Crippen LogP contribution in [0.1, 0.15) is 31.2 Å². The van der Waals surface area contributed by atoms with Crippen molar-refractivity contribution in [3.8, 4) is 0 Å². The van der Waals surface area contributed by atoms with E-state index in [4.69, 9.17) is 0 Å². The van der Waals surface area contributed by atoms with Crippen LogP contribution >= 0.6 is 15.9 Å². The molecule has 0 atom stereocenters. The fourth-order valence-corrected chi connectivity index (χ4v) is 2.59. The summed E-state index contributed by atoms with van der Waals surface area (Å²) in [4.78, 5) is 14.0. The topological polar surface area (TPSA) is 32.3 Å². The van der Waals surface area contributed by atoms with E-state index in [-0.39, 0.29) is 11.8 Å². The Labute approximate surface area is 121 Å². The number of aryl methyl sites for hydroxylation is 1.